The number of carbonyl (C=O) groups excluding carboxylic acids is 1. The van der Waals surface area contributed by atoms with Gasteiger partial charge in [-0.3, -0.25) is 14.5 Å². The Morgan fingerprint density at radius 3 is 2.48 bits per heavy atom. The molecular formula is C27H26ClN3O2. The molecule has 4 aromatic rings. The number of hydrogen-bond acceptors (Lipinski definition) is 4. The minimum absolute atomic E-state index is 0.0945. The van der Waals surface area contributed by atoms with E-state index >= 15 is 0 Å². The quantitative estimate of drug-likeness (QED) is 0.300. The summed E-state index contributed by atoms with van der Waals surface area (Å²) in [7, 11) is 1.41. The summed E-state index contributed by atoms with van der Waals surface area (Å²) in [6.07, 6.45) is 8.30. The molecule has 0 spiro atoms. The monoisotopic (exact) mass is 459 g/mol. The fraction of sp³-hybridized carbons (Fsp3) is 0.222. The van der Waals surface area contributed by atoms with Crippen molar-refractivity contribution in [3.63, 3.8) is 0 Å². The average molecular weight is 460 g/mol. The Hall–Kier alpha value is -3.44. The lowest BCUT2D eigenvalue weighted by Crippen LogP contribution is -2.16. The van der Waals surface area contributed by atoms with Gasteiger partial charge in [0.2, 0.25) is 0 Å². The first-order chi connectivity index (χ1) is 16.1. The third kappa shape index (κ3) is 6.08. The largest absolute Gasteiger partial charge is 0.469 e. The van der Waals surface area contributed by atoms with Crippen LogP contribution in [0.4, 0.5) is 0 Å². The van der Waals surface area contributed by atoms with Crippen LogP contribution >= 0.6 is 11.6 Å². The van der Waals surface area contributed by atoms with Crippen LogP contribution in [0.2, 0.25) is 5.02 Å². The van der Waals surface area contributed by atoms with E-state index in [0.29, 0.717) is 17.9 Å². The van der Waals surface area contributed by atoms with Crippen LogP contribution in [0.5, 0.6) is 0 Å². The summed E-state index contributed by atoms with van der Waals surface area (Å²) in [5.74, 6) is -0.213. The van der Waals surface area contributed by atoms with Crippen molar-refractivity contribution < 1.29 is 9.53 Å². The minimum Gasteiger partial charge on any atom is -0.469 e. The van der Waals surface area contributed by atoms with E-state index in [2.05, 4.69) is 40.5 Å². The predicted molar refractivity (Wildman–Crippen MR) is 130 cm³/mol. The van der Waals surface area contributed by atoms with Crippen LogP contribution in [-0.2, 0) is 28.8 Å². The summed E-state index contributed by atoms with van der Waals surface area (Å²) in [6, 6.07) is 22.4. The summed E-state index contributed by atoms with van der Waals surface area (Å²) in [6.45, 7) is 0. The van der Waals surface area contributed by atoms with E-state index in [-0.39, 0.29) is 12.0 Å². The second-order valence-electron chi connectivity index (χ2n) is 7.97. The normalized spacial score (nSPS) is 11.8. The molecule has 0 saturated carbocycles. The fourth-order valence-corrected chi connectivity index (χ4v) is 4.08. The molecule has 2 aromatic heterocycles. The lowest BCUT2D eigenvalue weighted by Gasteiger charge is -2.18. The van der Waals surface area contributed by atoms with Crippen molar-refractivity contribution in [1.82, 2.24) is 14.8 Å². The minimum atomic E-state index is -0.213. The number of ether oxygens (including phenoxy) is 1. The maximum atomic E-state index is 11.4. The van der Waals surface area contributed by atoms with Crippen molar-refractivity contribution in [3.05, 3.63) is 107 Å². The number of hydrogen-bond donors (Lipinski definition) is 0. The second kappa shape index (κ2) is 10.9. The van der Waals surface area contributed by atoms with E-state index in [9.17, 15) is 4.79 Å². The third-order valence-corrected chi connectivity index (χ3v) is 5.98. The Bertz CT molecular complexity index is 1190. The Morgan fingerprint density at radius 2 is 1.76 bits per heavy atom. The number of aromatic nitrogens is 3. The van der Waals surface area contributed by atoms with Crippen LogP contribution < -0.4 is 0 Å². The first-order valence-corrected chi connectivity index (χ1v) is 11.3. The highest BCUT2D eigenvalue weighted by molar-refractivity contribution is 6.33. The summed E-state index contributed by atoms with van der Waals surface area (Å²) >= 11 is 6.40. The number of benzene rings is 2. The summed E-state index contributed by atoms with van der Waals surface area (Å²) in [4.78, 5) is 16.0. The molecule has 168 valence electrons. The van der Waals surface area contributed by atoms with Gasteiger partial charge in [0.1, 0.15) is 0 Å². The topological polar surface area (TPSA) is 57.0 Å². The van der Waals surface area contributed by atoms with Crippen LogP contribution in [0, 0.1) is 0 Å². The van der Waals surface area contributed by atoms with Crippen LogP contribution in [0.3, 0.4) is 0 Å². The maximum Gasteiger partial charge on any atom is 0.305 e. The van der Waals surface area contributed by atoms with E-state index in [1.165, 1.54) is 12.7 Å². The zero-order valence-electron chi connectivity index (χ0n) is 18.5. The van der Waals surface area contributed by atoms with Crippen molar-refractivity contribution in [2.24, 2.45) is 0 Å². The van der Waals surface area contributed by atoms with Gasteiger partial charge in [-0.1, -0.05) is 66.2 Å². The molecule has 0 radical (unpaired) electrons. The highest BCUT2D eigenvalue weighted by atomic mass is 35.5. The van der Waals surface area contributed by atoms with Gasteiger partial charge in [0.25, 0.3) is 0 Å². The number of carbonyl (C=O) groups is 1. The number of pyridine rings is 1. The third-order valence-electron chi connectivity index (χ3n) is 5.65. The van der Waals surface area contributed by atoms with Crippen molar-refractivity contribution >= 4 is 17.6 Å². The molecule has 0 bridgehead atoms. The van der Waals surface area contributed by atoms with E-state index in [4.69, 9.17) is 16.3 Å². The van der Waals surface area contributed by atoms with Gasteiger partial charge in [-0.2, -0.15) is 5.10 Å². The number of esters is 1. The van der Waals surface area contributed by atoms with Gasteiger partial charge in [-0.25, -0.2) is 0 Å². The lowest BCUT2D eigenvalue weighted by molar-refractivity contribution is -0.140. The van der Waals surface area contributed by atoms with Gasteiger partial charge >= 0.3 is 5.97 Å². The molecule has 33 heavy (non-hydrogen) atoms. The second-order valence-corrected chi connectivity index (χ2v) is 8.38. The Kier molecular flexibility index (Phi) is 7.53. The van der Waals surface area contributed by atoms with Crippen molar-refractivity contribution in [3.8, 4) is 11.1 Å². The molecule has 1 atom stereocenters. The standard InChI is InChI=1S/C27H26ClN3O2/c1-33-27(32)14-12-21-11-13-23(29-17-21)16-24(15-20-7-3-2-4-8-20)31-19-22(18-30-31)25-9-5-6-10-26(25)28/h2-11,13,17-19,24H,12,14-16H2,1H3/t24-/m0/s1. The highest BCUT2D eigenvalue weighted by Crippen LogP contribution is 2.29. The molecule has 4 rings (SSSR count). The SMILES string of the molecule is COC(=O)CCc1ccc(C[C@H](Cc2ccccc2)n2cc(-c3ccccc3Cl)cn2)nc1. The molecule has 0 fully saturated rings. The summed E-state index contributed by atoms with van der Waals surface area (Å²) in [5.41, 5.74) is 5.20. The molecule has 0 N–H and O–H groups in total. The Labute approximate surface area is 199 Å². The average Bonchev–Trinajstić information content (AvgIpc) is 3.34. The maximum absolute atomic E-state index is 11.4. The zero-order chi connectivity index (χ0) is 23.0. The first kappa shape index (κ1) is 22.7. The van der Waals surface area contributed by atoms with Crippen molar-refractivity contribution in [2.75, 3.05) is 7.11 Å². The van der Waals surface area contributed by atoms with Crippen molar-refractivity contribution in [2.45, 2.75) is 31.7 Å². The van der Waals surface area contributed by atoms with Crippen LogP contribution in [0.1, 0.15) is 29.3 Å². The number of nitrogens with zero attached hydrogens (tertiary/aromatic N) is 3. The Morgan fingerprint density at radius 1 is 0.970 bits per heavy atom. The molecule has 0 amide bonds. The molecule has 2 heterocycles. The fourth-order valence-electron chi connectivity index (χ4n) is 3.83. The van der Waals surface area contributed by atoms with Crippen LogP contribution in [-0.4, -0.2) is 27.8 Å². The van der Waals surface area contributed by atoms with E-state index < -0.39 is 0 Å². The molecule has 0 aliphatic heterocycles. The smallest absolute Gasteiger partial charge is 0.305 e. The first-order valence-electron chi connectivity index (χ1n) is 11.0. The van der Waals surface area contributed by atoms with Gasteiger partial charge in [0.05, 0.1) is 19.3 Å². The molecule has 0 aliphatic rings. The van der Waals surface area contributed by atoms with Crippen LogP contribution in [0.15, 0.2) is 85.3 Å². The van der Waals surface area contributed by atoms with Crippen LogP contribution in [0.25, 0.3) is 11.1 Å². The summed E-state index contributed by atoms with van der Waals surface area (Å²) in [5, 5.41) is 5.39. The van der Waals surface area contributed by atoms with E-state index in [1.54, 1.807) is 0 Å². The highest BCUT2D eigenvalue weighted by Gasteiger charge is 2.17. The molecular weight excluding hydrogens is 434 g/mol. The number of rotatable bonds is 9. The molecule has 0 unspecified atom stereocenters. The molecule has 5 nitrogen and oxygen atoms in total. The number of methoxy groups -OCH3 is 1. The number of halogens is 1. The van der Waals surface area contributed by atoms with E-state index in [0.717, 1.165) is 35.2 Å². The van der Waals surface area contributed by atoms with Gasteiger partial charge < -0.3 is 4.74 Å². The lowest BCUT2D eigenvalue weighted by atomic mass is 10.0. The molecule has 2 aromatic carbocycles. The van der Waals surface area contributed by atoms with Gasteiger partial charge in [0.15, 0.2) is 0 Å². The molecule has 0 aliphatic carbocycles. The van der Waals surface area contributed by atoms with Gasteiger partial charge in [-0.15, -0.1) is 0 Å². The molecule has 6 heteroatoms. The molecule has 0 saturated heterocycles. The van der Waals surface area contributed by atoms with Gasteiger partial charge in [-0.05, 0) is 36.1 Å². The van der Waals surface area contributed by atoms with Crippen molar-refractivity contribution in [1.29, 1.82) is 0 Å². The predicted octanol–water partition coefficient (Wildman–Crippen LogP) is 5.73. The summed E-state index contributed by atoms with van der Waals surface area (Å²) < 4.78 is 6.73. The van der Waals surface area contributed by atoms with Gasteiger partial charge in [0, 0.05) is 47.1 Å². The Balaban J connectivity index is 1.55. The van der Waals surface area contributed by atoms with E-state index in [1.807, 2.05) is 59.5 Å². The zero-order valence-corrected chi connectivity index (χ0v) is 19.3. The number of aryl methyl sites for hydroxylation is 1.